The van der Waals surface area contributed by atoms with Crippen LogP contribution in [0.5, 0.6) is 0 Å². The standard InChI is InChI=1S/2C33H46N2.2C2H5.Ni.Pd/c2*1-5-9-13-15-27-20-24-29(25-21-27)33-31(17-12-8-4)30(16-11-7-3)32(35(33)34)28-22-18-26(19-23-28)14-10-6-2;2*1-2;;/h2*18-25H,5-17H2,1-4H3;2*1H2,2H3;;. The summed E-state index contributed by atoms with van der Waals surface area (Å²) in [6.45, 7) is 22.5. The maximum atomic E-state index is 11.7. The van der Waals surface area contributed by atoms with Gasteiger partial charge >= 0.3 is 41.6 Å². The van der Waals surface area contributed by atoms with Gasteiger partial charge in [-0.25, -0.2) is 9.39 Å². The number of hydrogen-bond donors (Lipinski definition) is 0. The second-order valence-corrected chi connectivity index (χ2v) is 23.8. The largest absolute Gasteiger partial charge is 0 e. The van der Waals surface area contributed by atoms with Gasteiger partial charge in [0.2, 0.25) is 22.8 Å². The van der Waals surface area contributed by atoms with E-state index < -0.39 is 0 Å². The molecule has 0 amide bonds. The molecule has 0 aromatic heterocycles. The summed E-state index contributed by atoms with van der Waals surface area (Å²) in [6.07, 6.45) is 30.1. The Balaban J connectivity index is 0.000000363. The van der Waals surface area contributed by atoms with E-state index in [1.165, 1.54) is 128 Å². The zero-order valence-corrected chi connectivity index (χ0v) is 52.0. The number of benzene rings is 4. The zero-order chi connectivity index (χ0) is 54.2. The van der Waals surface area contributed by atoms with Crippen molar-refractivity contribution < 1.29 is 43.9 Å². The summed E-state index contributed by atoms with van der Waals surface area (Å²) in [6, 6.07) is 35.8. The fraction of sp³-hybridized carbons (Fsp3) is 0.543. The van der Waals surface area contributed by atoms with Crippen LogP contribution in [-0.2, 0) is 60.2 Å². The number of hydrogen-bond acceptors (Lipinski definition) is 0. The van der Waals surface area contributed by atoms with Gasteiger partial charge in [-0.05, 0) is 174 Å². The summed E-state index contributed by atoms with van der Waals surface area (Å²) in [5.41, 5.74) is 42.7. The van der Waals surface area contributed by atoms with Crippen molar-refractivity contribution in [2.24, 2.45) is 0 Å². The Labute approximate surface area is 484 Å². The Bertz CT molecular complexity index is 2250. The third-order valence-electron chi connectivity index (χ3n) is 14.8. The van der Waals surface area contributed by atoms with E-state index in [2.05, 4.69) is 166 Å². The fourth-order valence-electron chi connectivity index (χ4n) is 10.4. The van der Waals surface area contributed by atoms with Gasteiger partial charge in [-0.15, -0.1) is 0 Å². The molecule has 4 nitrogen and oxygen atoms in total. The Morgan fingerprint density at radius 1 is 0.276 bits per heavy atom. The number of rotatable bonds is 32. The first-order valence-electron chi connectivity index (χ1n) is 30.4. The molecule has 0 unspecified atom stereocenters. The van der Waals surface area contributed by atoms with E-state index in [4.69, 9.17) is 0 Å². The molecule has 4 aromatic rings. The third kappa shape index (κ3) is 20.5. The second kappa shape index (κ2) is 38.7. The van der Waals surface area contributed by atoms with Gasteiger partial charge in [0.05, 0.1) is 0 Å². The molecular weight excluding hydrogens is 1060 g/mol. The van der Waals surface area contributed by atoms with Crippen molar-refractivity contribution in [3.8, 4) is 0 Å². The molecule has 0 radical (unpaired) electrons. The van der Waals surface area contributed by atoms with E-state index in [1.54, 1.807) is 0 Å². The molecule has 2 aliphatic heterocycles. The predicted octanol–water partition coefficient (Wildman–Crippen LogP) is 22.6. The van der Waals surface area contributed by atoms with E-state index >= 15 is 0 Å². The summed E-state index contributed by atoms with van der Waals surface area (Å²) in [5.74, 6) is 0. The fourth-order valence-corrected chi connectivity index (χ4v) is 11.2. The Hall–Kier alpha value is -3.80. The van der Waals surface area contributed by atoms with Crippen molar-refractivity contribution in [3.05, 3.63) is 175 Å². The smallest absolute Gasteiger partial charge is 0 e. The maximum absolute atomic E-state index is 11.7. The Morgan fingerprint density at radius 3 is 0.658 bits per heavy atom. The molecule has 2 aliphatic rings. The van der Waals surface area contributed by atoms with Crippen LogP contribution in [0.1, 0.15) is 255 Å². The molecule has 422 valence electrons. The first-order valence-corrected chi connectivity index (χ1v) is 32.6. The molecular formula is C70H102N4NiPd. The monoisotopic (exact) mass is 1160 g/mol. The van der Waals surface area contributed by atoms with E-state index in [-0.39, 0.29) is 16.5 Å². The van der Waals surface area contributed by atoms with E-state index in [9.17, 15) is 11.1 Å². The predicted molar refractivity (Wildman–Crippen MR) is 323 cm³/mol. The molecule has 0 saturated heterocycles. The minimum Gasteiger partial charge on any atom is 0 e. The molecule has 0 fully saturated rings. The molecule has 2 heterocycles. The van der Waals surface area contributed by atoms with Gasteiger partial charge in [0.25, 0.3) is 0 Å². The Kier molecular flexibility index (Phi) is 33.9. The molecule has 6 rings (SSSR count). The van der Waals surface area contributed by atoms with Crippen LogP contribution in [0.2, 0.25) is 9.79 Å². The third-order valence-corrected chi connectivity index (χ3v) is 16.4. The van der Waals surface area contributed by atoms with Crippen molar-refractivity contribution >= 4 is 22.8 Å². The van der Waals surface area contributed by atoms with Crippen LogP contribution in [0.3, 0.4) is 0 Å². The molecule has 0 atom stereocenters. The van der Waals surface area contributed by atoms with Crippen LogP contribution in [-0.4, -0.2) is 9.39 Å². The maximum Gasteiger partial charge on any atom is 0 e. The van der Waals surface area contributed by atoms with Gasteiger partial charge in [0.1, 0.15) is 0 Å². The van der Waals surface area contributed by atoms with Crippen molar-refractivity contribution in [2.45, 2.75) is 246 Å². The topological polar surface area (TPSA) is 50.6 Å². The first-order chi connectivity index (χ1) is 36.7. The van der Waals surface area contributed by atoms with Crippen molar-refractivity contribution in [3.63, 3.8) is 0 Å². The molecule has 0 bridgehead atoms. The van der Waals surface area contributed by atoms with Crippen LogP contribution in [0.25, 0.3) is 33.9 Å². The molecule has 0 spiro atoms. The van der Waals surface area contributed by atoms with Gasteiger partial charge in [-0.3, -0.25) is 0 Å². The van der Waals surface area contributed by atoms with Crippen molar-refractivity contribution in [1.82, 2.24) is 0 Å². The summed E-state index contributed by atoms with van der Waals surface area (Å²) >= 11 is 1.04. The normalized spacial score (nSPS) is 13.4. The molecule has 6 heteroatoms. The second-order valence-electron chi connectivity index (χ2n) is 20.9. The van der Waals surface area contributed by atoms with E-state index in [1.807, 2.05) is 0 Å². The van der Waals surface area contributed by atoms with Gasteiger partial charge < -0.3 is 11.1 Å². The van der Waals surface area contributed by atoms with E-state index in [0.29, 0.717) is 0 Å². The number of nitrogens with zero attached hydrogens (tertiary/aromatic N) is 4. The van der Waals surface area contributed by atoms with Crippen molar-refractivity contribution in [2.75, 3.05) is 0 Å². The average molecular weight is 1160 g/mol. The summed E-state index contributed by atoms with van der Waals surface area (Å²) < 4.78 is 3.03. The van der Waals surface area contributed by atoms with Crippen molar-refractivity contribution in [1.29, 1.82) is 0 Å². The van der Waals surface area contributed by atoms with Crippen LogP contribution in [0, 0.1) is 0 Å². The van der Waals surface area contributed by atoms with Gasteiger partial charge in [-0.1, -0.05) is 168 Å². The average Bonchev–Trinajstić information content (AvgIpc) is 3.88. The molecule has 76 heavy (non-hydrogen) atoms. The molecule has 0 N–H and O–H groups in total. The van der Waals surface area contributed by atoms with Gasteiger partial charge in [0.15, 0.2) is 0 Å². The molecule has 4 aromatic carbocycles. The number of aryl methyl sites for hydroxylation is 4. The van der Waals surface area contributed by atoms with Gasteiger partial charge in [0, 0.05) is 61.0 Å². The zero-order valence-electron chi connectivity index (χ0n) is 49.5. The SMILES string of the molecule is CCCCCc1ccc(C2=C(CCCC)C(CCCC)=C(c3ccc(CCCC)cc3)[N+]2=[N-])cc1.CCCCCc1ccc(C2=C(CCCC)C(CCCC)=C(c3ccc(CCCC)cc3)[N+]2=[N-])cc1.C[CH2][Pd][CH2]C.[Ni]. The van der Waals surface area contributed by atoms with E-state index in [0.717, 1.165) is 166 Å². The molecule has 0 saturated carbocycles. The van der Waals surface area contributed by atoms with Crippen LogP contribution < -0.4 is 0 Å². The minimum atomic E-state index is 0. The summed E-state index contributed by atoms with van der Waals surface area (Å²) in [4.78, 5) is 2.79. The summed E-state index contributed by atoms with van der Waals surface area (Å²) in [5, 5.41) is 0. The number of allylic oxidation sites excluding steroid dienone is 4. The first kappa shape index (κ1) is 66.5. The quantitative estimate of drug-likeness (QED) is 0.0266. The summed E-state index contributed by atoms with van der Waals surface area (Å²) in [7, 11) is 0. The Morgan fingerprint density at radius 2 is 0.474 bits per heavy atom. The van der Waals surface area contributed by atoms with Crippen LogP contribution in [0.4, 0.5) is 0 Å². The minimum absolute atomic E-state index is 0. The molecule has 0 aliphatic carbocycles. The number of unbranched alkanes of at least 4 members (excludes halogenated alkanes) is 10. The van der Waals surface area contributed by atoms with Gasteiger partial charge in [-0.2, -0.15) is 0 Å². The van der Waals surface area contributed by atoms with Crippen LogP contribution >= 0.6 is 0 Å². The van der Waals surface area contributed by atoms with Crippen LogP contribution in [0.15, 0.2) is 119 Å².